The van der Waals surface area contributed by atoms with Crippen molar-refractivity contribution in [2.75, 3.05) is 5.32 Å². The Bertz CT molecular complexity index is 953. The Kier molecular flexibility index (Phi) is 4.43. The van der Waals surface area contributed by atoms with E-state index in [1.54, 1.807) is 12.1 Å². The van der Waals surface area contributed by atoms with E-state index in [4.69, 9.17) is 0 Å². The molecular weight excluding hydrogens is 333 g/mol. The van der Waals surface area contributed by atoms with Gasteiger partial charge in [0, 0.05) is 19.5 Å². The first-order valence-corrected chi connectivity index (χ1v) is 7.75. The summed E-state index contributed by atoms with van der Waals surface area (Å²) in [6.45, 7) is 0. The van der Waals surface area contributed by atoms with Gasteiger partial charge in [0.15, 0.2) is 0 Å². The van der Waals surface area contributed by atoms with Gasteiger partial charge in [0.2, 0.25) is 5.13 Å². The highest BCUT2D eigenvalue weighted by molar-refractivity contribution is 7.15. The monoisotopic (exact) mass is 345 g/mol. The summed E-state index contributed by atoms with van der Waals surface area (Å²) in [6.07, 6.45) is 0.420. The van der Waals surface area contributed by atoms with Gasteiger partial charge in [-0.05, 0) is 23.8 Å². The van der Waals surface area contributed by atoms with Crippen LogP contribution in [0.25, 0.3) is 0 Å². The Morgan fingerprint density at radius 1 is 1.29 bits per heavy atom. The van der Waals surface area contributed by atoms with Crippen LogP contribution < -0.4 is 10.9 Å². The molecule has 1 amide bonds. The van der Waals surface area contributed by atoms with Gasteiger partial charge in [0.25, 0.3) is 11.5 Å². The van der Waals surface area contributed by atoms with Crippen molar-refractivity contribution in [2.45, 2.75) is 6.42 Å². The number of hydrogen-bond donors (Lipinski definition) is 1. The van der Waals surface area contributed by atoms with Gasteiger partial charge < -0.3 is 0 Å². The first-order chi connectivity index (χ1) is 11.5. The molecule has 24 heavy (non-hydrogen) atoms. The number of aryl methyl sites for hydroxylation is 1. The summed E-state index contributed by atoms with van der Waals surface area (Å²) < 4.78 is 14.2. The minimum atomic E-state index is -0.487. The second kappa shape index (κ2) is 6.67. The van der Waals surface area contributed by atoms with Crippen LogP contribution in [-0.2, 0) is 13.5 Å². The summed E-state index contributed by atoms with van der Waals surface area (Å²) in [5.74, 6) is -0.801. The standard InChI is InChI=1S/C15H12FN5O2S/c1-21-13(22)6-5-11(20-21)14(23)17-15-19-18-12(24-15)8-9-3-2-4-10(16)7-9/h2-7H,8H2,1H3,(H,17,19,23). The normalized spacial score (nSPS) is 10.6. The van der Waals surface area contributed by atoms with Gasteiger partial charge in [-0.1, -0.05) is 23.5 Å². The predicted octanol–water partition coefficient (Wildman–Crippen LogP) is 1.61. The molecule has 0 saturated carbocycles. The van der Waals surface area contributed by atoms with Crippen LogP contribution in [0.4, 0.5) is 9.52 Å². The smallest absolute Gasteiger partial charge is 0.277 e. The Morgan fingerprint density at radius 3 is 2.88 bits per heavy atom. The molecule has 1 N–H and O–H groups in total. The van der Waals surface area contributed by atoms with Crippen LogP contribution >= 0.6 is 11.3 Å². The molecule has 0 spiro atoms. The number of rotatable bonds is 4. The molecule has 2 heterocycles. The van der Waals surface area contributed by atoms with E-state index < -0.39 is 5.91 Å². The topological polar surface area (TPSA) is 89.8 Å². The molecule has 0 aliphatic heterocycles. The highest BCUT2D eigenvalue weighted by Crippen LogP contribution is 2.19. The number of halogens is 1. The van der Waals surface area contributed by atoms with E-state index in [1.807, 2.05) is 0 Å². The number of aromatic nitrogens is 4. The van der Waals surface area contributed by atoms with E-state index in [-0.39, 0.29) is 17.1 Å². The molecule has 3 rings (SSSR count). The van der Waals surface area contributed by atoms with Crippen molar-refractivity contribution in [3.8, 4) is 0 Å². The average Bonchev–Trinajstić information content (AvgIpc) is 2.97. The zero-order chi connectivity index (χ0) is 17.1. The summed E-state index contributed by atoms with van der Waals surface area (Å²) in [5, 5.41) is 15.2. The summed E-state index contributed by atoms with van der Waals surface area (Å²) in [7, 11) is 1.46. The molecule has 7 nitrogen and oxygen atoms in total. The van der Waals surface area contributed by atoms with Crippen molar-refractivity contribution in [1.82, 2.24) is 20.0 Å². The highest BCUT2D eigenvalue weighted by Gasteiger charge is 2.12. The first-order valence-electron chi connectivity index (χ1n) is 6.94. The molecule has 0 fully saturated rings. The first kappa shape index (κ1) is 15.9. The van der Waals surface area contributed by atoms with Crippen molar-refractivity contribution in [3.63, 3.8) is 0 Å². The van der Waals surface area contributed by atoms with E-state index in [9.17, 15) is 14.0 Å². The van der Waals surface area contributed by atoms with Crippen LogP contribution in [0.3, 0.4) is 0 Å². The molecule has 1 aromatic carbocycles. The summed E-state index contributed by atoms with van der Waals surface area (Å²) in [6, 6.07) is 8.81. The molecule has 0 bridgehead atoms. The Hall–Kier alpha value is -2.94. The Morgan fingerprint density at radius 2 is 2.12 bits per heavy atom. The van der Waals surface area contributed by atoms with E-state index in [2.05, 4.69) is 20.6 Å². The van der Waals surface area contributed by atoms with Gasteiger partial charge in [-0.25, -0.2) is 9.07 Å². The summed E-state index contributed by atoms with van der Waals surface area (Å²) >= 11 is 1.19. The third kappa shape index (κ3) is 3.69. The largest absolute Gasteiger partial charge is 0.295 e. The van der Waals surface area contributed by atoms with Crippen molar-refractivity contribution in [1.29, 1.82) is 0 Å². The Labute approximate surface area is 139 Å². The lowest BCUT2D eigenvalue weighted by molar-refractivity contribution is 0.102. The second-order valence-corrected chi connectivity index (χ2v) is 6.00. The van der Waals surface area contributed by atoms with Gasteiger partial charge in [-0.2, -0.15) is 5.10 Å². The molecule has 0 unspecified atom stereocenters. The van der Waals surface area contributed by atoms with E-state index in [0.29, 0.717) is 16.6 Å². The highest BCUT2D eigenvalue weighted by atomic mass is 32.1. The van der Waals surface area contributed by atoms with Crippen LogP contribution in [0.1, 0.15) is 21.1 Å². The lowest BCUT2D eigenvalue weighted by Crippen LogP contribution is -2.23. The van der Waals surface area contributed by atoms with Crippen molar-refractivity contribution < 1.29 is 9.18 Å². The van der Waals surface area contributed by atoms with E-state index >= 15 is 0 Å². The van der Waals surface area contributed by atoms with Crippen LogP contribution in [0.2, 0.25) is 0 Å². The average molecular weight is 345 g/mol. The maximum absolute atomic E-state index is 13.2. The molecule has 3 aromatic rings. The fourth-order valence-electron chi connectivity index (χ4n) is 1.98. The predicted molar refractivity (Wildman–Crippen MR) is 86.5 cm³/mol. The fraction of sp³-hybridized carbons (Fsp3) is 0.133. The third-order valence-corrected chi connectivity index (χ3v) is 3.96. The second-order valence-electron chi connectivity index (χ2n) is 4.94. The van der Waals surface area contributed by atoms with Gasteiger partial charge in [-0.3, -0.25) is 14.9 Å². The lowest BCUT2D eigenvalue weighted by atomic mass is 10.1. The maximum Gasteiger partial charge on any atom is 0.277 e. The third-order valence-electron chi connectivity index (χ3n) is 3.12. The Balaban J connectivity index is 1.70. The molecule has 122 valence electrons. The number of nitrogens with zero attached hydrogens (tertiary/aromatic N) is 4. The summed E-state index contributed by atoms with van der Waals surface area (Å²) in [4.78, 5) is 23.4. The van der Waals surface area contributed by atoms with Crippen LogP contribution in [-0.4, -0.2) is 25.9 Å². The van der Waals surface area contributed by atoms with Crippen molar-refractivity contribution in [2.24, 2.45) is 7.05 Å². The molecule has 0 radical (unpaired) electrons. The lowest BCUT2D eigenvalue weighted by Gasteiger charge is -2.01. The number of carbonyl (C=O) groups excluding carboxylic acids is 1. The van der Waals surface area contributed by atoms with Crippen molar-refractivity contribution in [3.05, 3.63) is 68.8 Å². The van der Waals surface area contributed by atoms with Crippen LogP contribution in [0.5, 0.6) is 0 Å². The maximum atomic E-state index is 13.2. The van der Waals surface area contributed by atoms with Gasteiger partial charge >= 0.3 is 0 Å². The van der Waals surface area contributed by atoms with Gasteiger partial charge in [-0.15, -0.1) is 10.2 Å². The molecule has 0 atom stereocenters. The molecule has 0 saturated heterocycles. The molecule has 9 heteroatoms. The number of carbonyl (C=O) groups is 1. The number of anilines is 1. The fourth-order valence-corrected chi connectivity index (χ4v) is 2.75. The molecule has 2 aromatic heterocycles. The van der Waals surface area contributed by atoms with Crippen molar-refractivity contribution >= 4 is 22.4 Å². The van der Waals surface area contributed by atoms with Gasteiger partial charge in [0.05, 0.1) is 0 Å². The van der Waals surface area contributed by atoms with Crippen LogP contribution in [0, 0.1) is 5.82 Å². The number of amides is 1. The molecular formula is C15H12FN5O2S. The quantitative estimate of drug-likeness (QED) is 0.776. The van der Waals surface area contributed by atoms with E-state index in [0.717, 1.165) is 10.2 Å². The zero-order valence-corrected chi connectivity index (χ0v) is 13.4. The minimum absolute atomic E-state index is 0.0963. The number of nitrogens with one attached hydrogen (secondary N) is 1. The zero-order valence-electron chi connectivity index (χ0n) is 12.6. The number of benzene rings is 1. The number of hydrogen-bond acceptors (Lipinski definition) is 6. The molecule has 0 aliphatic rings. The SMILES string of the molecule is Cn1nc(C(=O)Nc2nnc(Cc3cccc(F)c3)s2)ccc1=O. The molecule has 0 aliphatic carbocycles. The van der Waals surface area contributed by atoms with Gasteiger partial charge in [0.1, 0.15) is 16.5 Å². The summed E-state index contributed by atoms with van der Waals surface area (Å²) in [5.41, 5.74) is 0.558. The minimum Gasteiger partial charge on any atom is -0.295 e. The van der Waals surface area contributed by atoms with E-state index in [1.165, 1.54) is 42.6 Å². The van der Waals surface area contributed by atoms with Crippen LogP contribution in [0.15, 0.2) is 41.2 Å².